The van der Waals surface area contributed by atoms with Crippen LogP contribution in [0.25, 0.3) is 0 Å². The molecule has 106 valence electrons. The normalized spacial score (nSPS) is 11.2. The van der Waals surface area contributed by atoms with Gasteiger partial charge < -0.3 is 9.72 Å². The van der Waals surface area contributed by atoms with E-state index in [-0.39, 0.29) is 17.0 Å². The summed E-state index contributed by atoms with van der Waals surface area (Å²) < 4.78 is 31.4. The minimum Gasteiger partial charge on any atom is -0.497 e. The Bertz CT molecular complexity index is 715. The van der Waals surface area contributed by atoms with E-state index < -0.39 is 10.0 Å². The molecule has 0 bridgehead atoms. The van der Waals surface area contributed by atoms with Gasteiger partial charge in [-0.25, -0.2) is 13.1 Å². The van der Waals surface area contributed by atoms with E-state index in [9.17, 15) is 13.2 Å². The third-order valence-electron chi connectivity index (χ3n) is 2.69. The van der Waals surface area contributed by atoms with Crippen molar-refractivity contribution in [3.05, 3.63) is 58.5 Å². The Morgan fingerprint density at radius 2 is 1.85 bits per heavy atom. The number of pyridine rings is 1. The van der Waals surface area contributed by atoms with E-state index in [1.54, 1.807) is 31.4 Å². The lowest BCUT2D eigenvalue weighted by Crippen LogP contribution is -2.24. The number of hydrogen-bond donors (Lipinski definition) is 2. The quantitative estimate of drug-likeness (QED) is 0.856. The van der Waals surface area contributed by atoms with Gasteiger partial charge in [0, 0.05) is 18.8 Å². The van der Waals surface area contributed by atoms with E-state index >= 15 is 0 Å². The molecule has 1 heterocycles. The Hall–Kier alpha value is -2.12. The number of aromatic nitrogens is 1. The van der Waals surface area contributed by atoms with Crippen molar-refractivity contribution in [2.75, 3.05) is 7.11 Å². The maximum atomic E-state index is 12.0. The van der Waals surface area contributed by atoms with Crippen molar-refractivity contribution in [3.63, 3.8) is 0 Å². The van der Waals surface area contributed by atoms with Crippen molar-refractivity contribution < 1.29 is 13.2 Å². The van der Waals surface area contributed by atoms with Crippen LogP contribution in [-0.2, 0) is 16.6 Å². The third-order valence-corrected chi connectivity index (χ3v) is 4.09. The molecule has 1 aromatic heterocycles. The van der Waals surface area contributed by atoms with Gasteiger partial charge in [-0.2, -0.15) is 0 Å². The number of nitrogens with one attached hydrogen (secondary N) is 2. The molecule has 0 spiro atoms. The first-order valence-electron chi connectivity index (χ1n) is 5.82. The lowest BCUT2D eigenvalue weighted by Gasteiger charge is -2.07. The predicted octanol–water partition coefficient (Wildman–Crippen LogP) is 0.862. The van der Waals surface area contributed by atoms with Crippen molar-refractivity contribution in [1.29, 1.82) is 0 Å². The monoisotopic (exact) mass is 294 g/mol. The van der Waals surface area contributed by atoms with E-state index in [0.29, 0.717) is 5.75 Å². The third kappa shape index (κ3) is 3.46. The van der Waals surface area contributed by atoms with Crippen LogP contribution in [0.5, 0.6) is 5.75 Å². The van der Waals surface area contributed by atoms with Gasteiger partial charge in [0.1, 0.15) is 5.75 Å². The lowest BCUT2D eigenvalue weighted by atomic mass is 10.2. The summed E-state index contributed by atoms with van der Waals surface area (Å²) in [4.78, 5) is 13.3. The maximum absolute atomic E-state index is 12.0. The van der Waals surface area contributed by atoms with Crippen molar-refractivity contribution in [1.82, 2.24) is 9.71 Å². The van der Waals surface area contributed by atoms with Crippen LogP contribution in [0.15, 0.2) is 52.3 Å². The zero-order valence-electron chi connectivity index (χ0n) is 10.8. The molecule has 6 nitrogen and oxygen atoms in total. The molecular formula is C13H14N2O4S. The van der Waals surface area contributed by atoms with E-state index in [2.05, 4.69) is 9.71 Å². The molecule has 0 atom stereocenters. The summed E-state index contributed by atoms with van der Waals surface area (Å²) in [6, 6.07) is 9.48. The van der Waals surface area contributed by atoms with E-state index in [1.807, 2.05) is 0 Å². The number of ether oxygens (including phenoxy) is 1. The van der Waals surface area contributed by atoms with Crippen LogP contribution in [-0.4, -0.2) is 20.5 Å². The second-order valence-electron chi connectivity index (χ2n) is 4.06. The lowest BCUT2D eigenvalue weighted by molar-refractivity contribution is 0.414. The summed E-state index contributed by atoms with van der Waals surface area (Å²) in [5.74, 6) is 0.706. The summed E-state index contributed by atoms with van der Waals surface area (Å²) in [5, 5.41) is 0. The fraction of sp³-hybridized carbons (Fsp3) is 0.154. The number of hydrogen-bond acceptors (Lipinski definition) is 4. The summed E-state index contributed by atoms with van der Waals surface area (Å²) in [5.41, 5.74) is 0.456. The second-order valence-corrected chi connectivity index (χ2v) is 5.83. The second kappa shape index (κ2) is 5.89. The highest BCUT2D eigenvalue weighted by molar-refractivity contribution is 7.89. The van der Waals surface area contributed by atoms with Crippen molar-refractivity contribution in [2.24, 2.45) is 0 Å². The Morgan fingerprint density at radius 3 is 2.40 bits per heavy atom. The molecule has 0 saturated heterocycles. The van der Waals surface area contributed by atoms with Crippen LogP contribution in [0, 0.1) is 0 Å². The molecule has 2 aromatic rings. The van der Waals surface area contributed by atoms with Crippen LogP contribution in [0.4, 0.5) is 0 Å². The van der Waals surface area contributed by atoms with Gasteiger partial charge in [0.2, 0.25) is 15.6 Å². The Balaban J connectivity index is 2.08. The summed E-state index contributed by atoms with van der Waals surface area (Å²) in [6.45, 7) is 0.158. The fourth-order valence-corrected chi connectivity index (χ4v) is 2.55. The molecule has 0 aliphatic heterocycles. The molecule has 20 heavy (non-hydrogen) atoms. The van der Waals surface area contributed by atoms with Crippen molar-refractivity contribution in [2.45, 2.75) is 11.4 Å². The molecule has 0 saturated carbocycles. The van der Waals surface area contributed by atoms with Crippen molar-refractivity contribution >= 4 is 10.0 Å². The highest BCUT2D eigenvalue weighted by Gasteiger charge is 2.13. The zero-order chi connectivity index (χ0) is 14.6. The molecule has 0 fully saturated rings. The molecule has 7 heteroatoms. The van der Waals surface area contributed by atoms with Gasteiger partial charge in [-0.1, -0.05) is 12.1 Å². The highest BCUT2D eigenvalue weighted by Crippen LogP contribution is 2.12. The maximum Gasteiger partial charge on any atom is 0.247 e. The van der Waals surface area contributed by atoms with Gasteiger partial charge in [0.05, 0.1) is 12.0 Å². The predicted molar refractivity (Wildman–Crippen MR) is 74.1 cm³/mol. The molecule has 2 N–H and O–H groups in total. The van der Waals surface area contributed by atoms with Gasteiger partial charge in [-0.05, 0) is 23.8 Å². The van der Waals surface area contributed by atoms with E-state index in [1.165, 1.54) is 18.3 Å². The Kier molecular flexibility index (Phi) is 4.21. The van der Waals surface area contributed by atoms with E-state index in [0.717, 1.165) is 5.56 Å². The SMILES string of the molecule is COc1ccc(CNS(=O)(=O)c2ccc(=O)[nH]c2)cc1. The molecule has 0 aliphatic carbocycles. The number of sulfonamides is 1. The van der Waals surface area contributed by atoms with Crippen LogP contribution in [0.2, 0.25) is 0 Å². The van der Waals surface area contributed by atoms with Crippen LogP contribution < -0.4 is 15.0 Å². The molecule has 2 rings (SSSR count). The number of benzene rings is 1. The van der Waals surface area contributed by atoms with Gasteiger partial charge >= 0.3 is 0 Å². The minimum atomic E-state index is -3.64. The first kappa shape index (κ1) is 14.3. The van der Waals surface area contributed by atoms with Gasteiger partial charge in [-0.15, -0.1) is 0 Å². The first-order valence-corrected chi connectivity index (χ1v) is 7.31. The highest BCUT2D eigenvalue weighted by atomic mass is 32.2. The molecule has 1 aromatic carbocycles. The van der Waals surface area contributed by atoms with Gasteiger partial charge in [0.15, 0.2) is 0 Å². The topological polar surface area (TPSA) is 88.3 Å². The fourth-order valence-electron chi connectivity index (χ4n) is 1.57. The summed E-state index contributed by atoms with van der Waals surface area (Å²) in [6.07, 6.45) is 1.17. The number of H-pyrrole nitrogens is 1. The van der Waals surface area contributed by atoms with Crippen LogP contribution in [0.1, 0.15) is 5.56 Å². The standard InChI is InChI=1S/C13H14N2O4S/c1-19-11-4-2-10(3-5-11)8-15-20(17,18)12-6-7-13(16)14-9-12/h2-7,9,15H,8H2,1H3,(H,14,16). The molecular weight excluding hydrogens is 280 g/mol. The molecule has 0 aliphatic rings. The van der Waals surface area contributed by atoms with Gasteiger partial charge in [-0.3, -0.25) is 4.79 Å². The van der Waals surface area contributed by atoms with Crippen LogP contribution in [0.3, 0.4) is 0 Å². The average molecular weight is 294 g/mol. The first-order chi connectivity index (χ1) is 9.51. The van der Waals surface area contributed by atoms with E-state index in [4.69, 9.17) is 4.74 Å². The number of methoxy groups -OCH3 is 1. The Morgan fingerprint density at radius 1 is 1.15 bits per heavy atom. The zero-order valence-corrected chi connectivity index (χ0v) is 11.6. The Labute approximate surface area is 116 Å². The average Bonchev–Trinajstić information content (AvgIpc) is 2.46. The van der Waals surface area contributed by atoms with Crippen molar-refractivity contribution in [3.8, 4) is 5.75 Å². The molecule has 0 amide bonds. The minimum absolute atomic E-state index is 0.0191. The molecule has 0 radical (unpaired) electrons. The smallest absolute Gasteiger partial charge is 0.247 e. The molecule has 0 unspecified atom stereocenters. The van der Waals surface area contributed by atoms with Gasteiger partial charge in [0.25, 0.3) is 0 Å². The van der Waals surface area contributed by atoms with Crippen LogP contribution >= 0.6 is 0 Å². The number of aromatic amines is 1. The number of rotatable bonds is 5. The summed E-state index contributed by atoms with van der Waals surface area (Å²) >= 11 is 0. The summed E-state index contributed by atoms with van der Waals surface area (Å²) in [7, 11) is -2.08. The largest absolute Gasteiger partial charge is 0.497 e.